The lowest BCUT2D eigenvalue weighted by molar-refractivity contribution is -0.870. The molecule has 9 heteroatoms. The molecule has 69 heavy (non-hydrogen) atoms. The highest BCUT2D eigenvalue weighted by Gasteiger charge is 2.25. The number of carbonyl (C=O) groups excluding carboxylic acids is 2. The van der Waals surface area contributed by atoms with Crippen molar-refractivity contribution in [2.45, 2.75) is 167 Å². The van der Waals surface area contributed by atoms with E-state index in [9.17, 15) is 19.5 Å². The Labute approximate surface area is 420 Å². The normalized spacial score (nSPS) is 14.0. The minimum atomic E-state index is -1.54. The average molecular weight is 957 g/mol. The smallest absolute Gasteiger partial charge is 0.361 e. The summed E-state index contributed by atoms with van der Waals surface area (Å²) in [6.07, 6.45) is 69.1. The number of hydrogen-bond donors (Lipinski definition) is 1. The Kier molecular flexibility index (Phi) is 46.1. The van der Waals surface area contributed by atoms with E-state index in [0.717, 1.165) is 116 Å². The van der Waals surface area contributed by atoms with Gasteiger partial charge in [0.1, 0.15) is 13.2 Å². The molecule has 0 radical (unpaired) electrons. The Morgan fingerprint density at radius 1 is 0.435 bits per heavy atom. The first-order valence-electron chi connectivity index (χ1n) is 26.0. The van der Waals surface area contributed by atoms with Gasteiger partial charge in [-0.25, -0.2) is 4.79 Å². The fraction of sp³-hybridized carbons (Fsp3) is 0.550. The first-order valence-corrected chi connectivity index (χ1v) is 26.0. The Hall–Kier alpha value is -4.83. The predicted octanol–water partition coefficient (Wildman–Crippen LogP) is 14.9. The van der Waals surface area contributed by atoms with E-state index < -0.39 is 30.3 Å². The van der Waals surface area contributed by atoms with Crippen LogP contribution < -0.4 is 0 Å². The van der Waals surface area contributed by atoms with Crippen LogP contribution in [0.2, 0.25) is 0 Å². The molecule has 0 aromatic heterocycles. The number of carboxylic acid groups (broad SMARTS) is 1. The van der Waals surface area contributed by atoms with Gasteiger partial charge in [-0.3, -0.25) is 9.59 Å². The van der Waals surface area contributed by atoms with Crippen LogP contribution in [0.4, 0.5) is 0 Å². The molecule has 0 spiro atoms. The van der Waals surface area contributed by atoms with Crippen molar-refractivity contribution in [3.8, 4) is 0 Å². The number of ether oxygens (including phenoxy) is 4. The van der Waals surface area contributed by atoms with E-state index in [-0.39, 0.29) is 32.7 Å². The molecule has 0 bridgehead atoms. The van der Waals surface area contributed by atoms with Crippen molar-refractivity contribution in [1.82, 2.24) is 0 Å². The maximum atomic E-state index is 12.8. The summed E-state index contributed by atoms with van der Waals surface area (Å²) in [6, 6.07) is 0. The SMILES string of the molecule is CC/C=C\C/C=C\C/C=C\C/C=C\C/C=C\C/C=C\C/C=C\CCCCCC(=O)OC(COC(=O)CCCCC/C=C\C/C=C\C/C=C\C/C=C\C/C=C\CC)COC(OCC[N+](C)(C)C)C(=O)O. The van der Waals surface area contributed by atoms with Crippen LogP contribution in [0, 0.1) is 0 Å². The molecule has 0 aliphatic carbocycles. The van der Waals surface area contributed by atoms with Crippen LogP contribution in [0.1, 0.15) is 155 Å². The maximum absolute atomic E-state index is 12.8. The fourth-order valence-corrected chi connectivity index (χ4v) is 6.13. The Morgan fingerprint density at radius 2 is 0.783 bits per heavy atom. The van der Waals surface area contributed by atoms with E-state index in [0.29, 0.717) is 23.9 Å². The van der Waals surface area contributed by atoms with Crippen LogP contribution >= 0.6 is 0 Å². The van der Waals surface area contributed by atoms with Crippen molar-refractivity contribution in [3.63, 3.8) is 0 Å². The molecule has 2 atom stereocenters. The van der Waals surface area contributed by atoms with Gasteiger partial charge in [0.05, 0.1) is 34.4 Å². The number of aliphatic carboxylic acids is 1. The van der Waals surface area contributed by atoms with Crippen molar-refractivity contribution in [2.75, 3.05) is 47.5 Å². The average Bonchev–Trinajstić information content (AvgIpc) is 3.31. The number of hydrogen-bond acceptors (Lipinski definition) is 7. The van der Waals surface area contributed by atoms with Crippen molar-refractivity contribution >= 4 is 17.9 Å². The highest BCUT2D eigenvalue weighted by atomic mass is 16.7. The number of carboxylic acids is 1. The number of carbonyl (C=O) groups is 3. The Bertz CT molecular complexity index is 1630. The number of nitrogens with zero attached hydrogens (tertiary/aromatic N) is 1. The molecule has 0 rings (SSSR count). The lowest BCUT2D eigenvalue weighted by atomic mass is 10.1. The summed E-state index contributed by atoms with van der Waals surface area (Å²) >= 11 is 0. The fourth-order valence-electron chi connectivity index (χ4n) is 6.13. The van der Waals surface area contributed by atoms with Crippen LogP contribution in [0.25, 0.3) is 0 Å². The molecule has 1 N–H and O–H groups in total. The molecular formula is C60H94NO8+. The van der Waals surface area contributed by atoms with Crippen molar-refractivity contribution in [1.29, 1.82) is 0 Å². The van der Waals surface area contributed by atoms with Crippen LogP contribution in [-0.4, -0.2) is 87.4 Å². The summed E-state index contributed by atoms with van der Waals surface area (Å²) in [7, 11) is 5.92. The van der Waals surface area contributed by atoms with Gasteiger partial charge in [0, 0.05) is 12.8 Å². The number of allylic oxidation sites excluding steroid dienone is 24. The van der Waals surface area contributed by atoms with Gasteiger partial charge in [-0.1, -0.05) is 173 Å². The van der Waals surface area contributed by atoms with Crippen LogP contribution in [-0.2, 0) is 33.3 Å². The third-order valence-corrected chi connectivity index (χ3v) is 10.1. The third-order valence-electron chi connectivity index (χ3n) is 10.1. The van der Waals surface area contributed by atoms with E-state index >= 15 is 0 Å². The first kappa shape index (κ1) is 64.2. The summed E-state index contributed by atoms with van der Waals surface area (Å²) in [4.78, 5) is 37.3. The molecule has 9 nitrogen and oxygen atoms in total. The largest absolute Gasteiger partial charge is 0.477 e. The number of esters is 2. The van der Waals surface area contributed by atoms with Gasteiger partial charge in [-0.2, -0.15) is 0 Å². The highest BCUT2D eigenvalue weighted by molar-refractivity contribution is 5.71. The second-order valence-corrected chi connectivity index (χ2v) is 17.7. The minimum Gasteiger partial charge on any atom is -0.477 e. The summed E-state index contributed by atoms with van der Waals surface area (Å²) in [6.45, 7) is 4.53. The molecular weight excluding hydrogens is 863 g/mol. The van der Waals surface area contributed by atoms with E-state index in [4.69, 9.17) is 18.9 Å². The molecule has 2 unspecified atom stereocenters. The third kappa shape index (κ3) is 50.9. The van der Waals surface area contributed by atoms with Gasteiger partial charge in [0.25, 0.3) is 6.29 Å². The molecule has 0 saturated carbocycles. The molecule has 0 heterocycles. The number of likely N-dealkylation sites (N-methyl/N-ethyl adjacent to an activating group) is 1. The first-order chi connectivity index (χ1) is 33.6. The lowest BCUT2D eigenvalue weighted by Crippen LogP contribution is -2.40. The zero-order chi connectivity index (χ0) is 50.6. The van der Waals surface area contributed by atoms with E-state index in [1.807, 2.05) is 21.1 Å². The van der Waals surface area contributed by atoms with Crippen molar-refractivity contribution in [3.05, 3.63) is 146 Å². The molecule has 0 aliphatic heterocycles. The summed E-state index contributed by atoms with van der Waals surface area (Å²) < 4.78 is 22.7. The number of quaternary nitrogens is 1. The second-order valence-electron chi connectivity index (χ2n) is 17.7. The minimum absolute atomic E-state index is 0.165. The van der Waals surface area contributed by atoms with Gasteiger partial charge in [-0.15, -0.1) is 0 Å². The molecule has 0 aromatic rings. The van der Waals surface area contributed by atoms with Crippen LogP contribution in [0.5, 0.6) is 0 Å². The molecule has 386 valence electrons. The zero-order valence-corrected chi connectivity index (χ0v) is 43.6. The van der Waals surface area contributed by atoms with Gasteiger partial charge >= 0.3 is 17.9 Å². The van der Waals surface area contributed by atoms with Gasteiger partial charge in [0.15, 0.2) is 6.10 Å². The van der Waals surface area contributed by atoms with E-state index in [1.54, 1.807) is 0 Å². The molecule has 0 aromatic carbocycles. The van der Waals surface area contributed by atoms with Crippen molar-refractivity contribution < 1.29 is 42.9 Å². The predicted molar refractivity (Wildman–Crippen MR) is 290 cm³/mol. The van der Waals surface area contributed by atoms with E-state index in [2.05, 4.69) is 160 Å². The Morgan fingerprint density at radius 3 is 1.13 bits per heavy atom. The van der Waals surface area contributed by atoms with Crippen LogP contribution in [0.15, 0.2) is 146 Å². The molecule has 0 amide bonds. The van der Waals surface area contributed by atoms with E-state index in [1.165, 1.54) is 0 Å². The molecule has 0 saturated heterocycles. The van der Waals surface area contributed by atoms with Crippen molar-refractivity contribution in [2.24, 2.45) is 0 Å². The lowest BCUT2D eigenvalue weighted by Gasteiger charge is -2.25. The summed E-state index contributed by atoms with van der Waals surface area (Å²) in [5.74, 6) is -2.12. The highest BCUT2D eigenvalue weighted by Crippen LogP contribution is 2.11. The number of unbranched alkanes of at least 4 members (excludes halogenated alkanes) is 6. The maximum Gasteiger partial charge on any atom is 0.361 e. The summed E-state index contributed by atoms with van der Waals surface area (Å²) in [5, 5.41) is 9.68. The summed E-state index contributed by atoms with van der Waals surface area (Å²) in [5.41, 5.74) is 0. The van der Waals surface area contributed by atoms with Gasteiger partial charge in [-0.05, 0) is 116 Å². The monoisotopic (exact) mass is 957 g/mol. The second kappa shape index (κ2) is 49.6. The Balaban J connectivity index is 4.51. The van der Waals surface area contributed by atoms with Gasteiger partial charge < -0.3 is 28.5 Å². The van der Waals surface area contributed by atoms with Gasteiger partial charge in [0.2, 0.25) is 0 Å². The molecule has 0 aliphatic rings. The van der Waals surface area contributed by atoms with Crippen LogP contribution in [0.3, 0.4) is 0 Å². The standard InChI is InChI=1S/C60H93NO8/c1-6-8-10-12-14-16-18-20-22-24-26-27-28-29-30-31-33-35-37-39-41-43-45-47-49-51-58(63)69-56(55-68-60(59(64)65)66-53-52-61(3,4)5)54-67-57(62)50-48-46-44-42-40-38-36-34-32-25-23-21-19-17-15-13-11-9-7-2/h8-11,14-17,20-23,26-27,29-30,32-35,38-41,56,60H,6-7,12-13,18-19,24-25,28,31,36-37,42-55H2,1-5H3/p+1/b10-8-,11-9-,16-14-,17-15-,22-20-,23-21-,27-26-,30-29-,34-32-,35-33-,40-38-,41-39-. The quantitative estimate of drug-likeness (QED) is 0.0211. The molecule has 0 fully saturated rings. The topological polar surface area (TPSA) is 108 Å². The number of rotatable bonds is 45. The zero-order valence-electron chi connectivity index (χ0n) is 43.6.